The zero-order chi connectivity index (χ0) is 18.9. The first-order valence-corrected chi connectivity index (χ1v) is 8.38. The SMILES string of the molecule is COCCCNC(=O)c1ccc(Nc2cc(OC)c(Cl)cc2OC)nc1. The van der Waals surface area contributed by atoms with Crippen molar-refractivity contribution in [3.05, 3.63) is 41.0 Å². The van der Waals surface area contributed by atoms with E-state index in [1.807, 2.05) is 0 Å². The lowest BCUT2D eigenvalue weighted by Gasteiger charge is -2.13. The molecule has 0 spiro atoms. The number of carbonyl (C=O) groups excluding carboxylic acids is 1. The van der Waals surface area contributed by atoms with Crippen molar-refractivity contribution < 1.29 is 19.0 Å². The number of pyridine rings is 1. The molecule has 2 rings (SSSR count). The van der Waals surface area contributed by atoms with Gasteiger partial charge in [-0.3, -0.25) is 4.79 Å². The number of methoxy groups -OCH3 is 3. The molecule has 7 nitrogen and oxygen atoms in total. The van der Waals surface area contributed by atoms with Gasteiger partial charge in [0.25, 0.3) is 5.91 Å². The van der Waals surface area contributed by atoms with Crippen LogP contribution in [0.25, 0.3) is 0 Å². The number of nitrogens with zero attached hydrogens (tertiary/aromatic N) is 1. The van der Waals surface area contributed by atoms with Gasteiger partial charge in [0.2, 0.25) is 0 Å². The Morgan fingerprint density at radius 3 is 2.54 bits per heavy atom. The van der Waals surface area contributed by atoms with Crippen LogP contribution in [0.15, 0.2) is 30.5 Å². The van der Waals surface area contributed by atoms with E-state index in [-0.39, 0.29) is 5.91 Å². The maximum Gasteiger partial charge on any atom is 0.252 e. The Morgan fingerprint density at radius 2 is 1.92 bits per heavy atom. The molecule has 2 aromatic rings. The third-order valence-corrected chi connectivity index (χ3v) is 3.87. The van der Waals surface area contributed by atoms with Gasteiger partial charge in [-0.1, -0.05) is 11.6 Å². The third kappa shape index (κ3) is 5.24. The third-order valence-electron chi connectivity index (χ3n) is 3.57. The lowest BCUT2D eigenvalue weighted by Crippen LogP contribution is -2.25. The van der Waals surface area contributed by atoms with E-state index in [0.717, 1.165) is 6.42 Å². The molecule has 0 unspecified atom stereocenters. The lowest BCUT2D eigenvalue weighted by molar-refractivity contribution is 0.0948. The Balaban J connectivity index is 2.06. The maximum absolute atomic E-state index is 12.0. The van der Waals surface area contributed by atoms with Gasteiger partial charge in [0.05, 0.1) is 30.5 Å². The molecule has 1 heterocycles. The summed E-state index contributed by atoms with van der Waals surface area (Å²) in [5, 5.41) is 6.39. The van der Waals surface area contributed by atoms with Crippen LogP contribution in [0, 0.1) is 0 Å². The minimum absolute atomic E-state index is 0.175. The van der Waals surface area contributed by atoms with Crippen molar-refractivity contribution in [3.8, 4) is 11.5 Å². The first-order valence-electron chi connectivity index (χ1n) is 8.00. The van der Waals surface area contributed by atoms with Crippen LogP contribution >= 0.6 is 11.6 Å². The van der Waals surface area contributed by atoms with Crippen LogP contribution in [-0.4, -0.2) is 45.4 Å². The highest BCUT2D eigenvalue weighted by atomic mass is 35.5. The smallest absolute Gasteiger partial charge is 0.252 e. The predicted octanol–water partition coefficient (Wildman–Crippen LogP) is 3.26. The Hall–Kier alpha value is -2.51. The molecular weight excluding hydrogens is 358 g/mol. The molecule has 1 aromatic heterocycles. The van der Waals surface area contributed by atoms with Gasteiger partial charge < -0.3 is 24.8 Å². The largest absolute Gasteiger partial charge is 0.495 e. The van der Waals surface area contributed by atoms with E-state index in [9.17, 15) is 4.79 Å². The van der Waals surface area contributed by atoms with Gasteiger partial charge in [-0.05, 0) is 18.6 Å². The van der Waals surface area contributed by atoms with E-state index in [2.05, 4.69) is 15.6 Å². The van der Waals surface area contributed by atoms with Crippen molar-refractivity contribution in [2.45, 2.75) is 6.42 Å². The van der Waals surface area contributed by atoms with Crippen molar-refractivity contribution in [2.75, 3.05) is 39.8 Å². The van der Waals surface area contributed by atoms with Crippen LogP contribution < -0.4 is 20.1 Å². The van der Waals surface area contributed by atoms with E-state index in [4.69, 9.17) is 25.8 Å². The fourth-order valence-corrected chi connectivity index (χ4v) is 2.45. The molecule has 0 fully saturated rings. The monoisotopic (exact) mass is 379 g/mol. The van der Waals surface area contributed by atoms with Gasteiger partial charge in [0.1, 0.15) is 17.3 Å². The standard InChI is InChI=1S/C18H22ClN3O4/c1-24-8-4-7-20-18(23)12-5-6-17(21-11-12)22-14-10-15(25-2)13(19)9-16(14)26-3/h5-6,9-11H,4,7-8H2,1-3H3,(H,20,23)(H,21,22). The molecule has 2 N–H and O–H groups in total. The molecule has 0 bridgehead atoms. The average molecular weight is 380 g/mol. The van der Waals surface area contributed by atoms with E-state index in [1.165, 1.54) is 13.3 Å². The second-order valence-electron chi connectivity index (χ2n) is 5.35. The van der Waals surface area contributed by atoms with Crippen molar-refractivity contribution >= 4 is 29.0 Å². The summed E-state index contributed by atoms with van der Waals surface area (Å²) in [4.78, 5) is 16.3. The molecular formula is C18H22ClN3O4. The summed E-state index contributed by atoms with van der Waals surface area (Å²) in [6.07, 6.45) is 2.26. The van der Waals surface area contributed by atoms with Crippen LogP contribution in [0.4, 0.5) is 11.5 Å². The summed E-state index contributed by atoms with van der Waals surface area (Å²) < 4.78 is 15.5. The lowest BCUT2D eigenvalue weighted by atomic mass is 10.2. The number of ether oxygens (including phenoxy) is 3. The number of hydrogen-bond acceptors (Lipinski definition) is 6. The van der Waals surface area contributed by atoms with Gasteiger partial charge in [-0.15, -0.1) is 0 Å². The minimum atomic E-state index is -0.175. The predicted molar refractivity (Wildman–Crippen MR) is 101 cm³/mol. The van der Waals surface area contributed by atoms with Crippen LogP contribution in [0.5, 0.6) is 11.5 Å². The Morgan fingerprint density at radius 1 is 1.15 bits per heavy atom. The van der Waals surface area contributed by atoms with E-state index < -0.39 is 0 Å². The number of carbonyl (C=O) groups is 1. The molecule has 26 heavy (non-hydrogen) atoms. The Bertz CT molecular complexity index is 738. The first kappa shape index (κ1) is 19.8. The topological polar surface area (TPSA) is 81.7 Å². The van der Waals surface area contributed by atoms with E-state index in [0.29, 0.717) is 46.7 Å². The molecule has 0 radical (unpaired) electrons. The number of anilines is 2. The number of rotatable bonds is 9. The van der Waals surface area contributed by atoms with Crippen LogP contribution in [0.2, 0.25) is 5.02 Å². The normalized spacial score (nSPS) is 10.3. The maximum atomic E-state index is 12.0. The van der Waals surface area contributed by atoms with Gasteiger partial charge in [0, 0.05) is 38.6 Å². The van der Waals surface area contributed by atoms with Gasteiger partial charge in [-0.25, -0.2) is 4.98 Å². The highest BCUT2D eigenvalue weighted by Gasteiger charge is 2.11. The van der Waals surface area contributed by atoms with Crippen molar-refractivity contribution in [1.82, 2.24) is 10.3 Å². The highest BCUT2D eigenvalue weighted by Crippen LogP contribution is 2.37. The molecule has 8 heteroatoms. The average Bonchev–Trinajstić information content (AvgIpc) is 2.66. The molecule has 0 saturated heterocycles. The first-order chi connectivity index (χ1) is 12.6. The summed E-state index contributed by atoms with van der Waals surface area (Å²) >= 11 is 6.10. The van der Waals surface area contributed by atoms with Crippen LogP contribution in [0.1, 0.15) is 16.8 Å². The zero-order valence-electron chi connectivity index (χ0n) is 15.0. The summed E-state index contributed by atoms with van der Waals surface area (Å²) in [5.74, 6) is 1.45. The fourth-order valence-electron chi connectivity index (χ4n) is 2.22. The van der Waals surface area contributed by atoms with Gasteiger partial charge in [-0.2, -0.15) is 0 Å². The molecule has 0 aliphatic carbocycles. The highest BCUT2D eigenvalue weighted by molar-refractivity contribution is 6.32. The number of aromatic nitrogens is 1. The zero-order valence-corrected chi connectivity index (χ0v) is 15.7. The quantitative estimate of drug-likeness (QED) is 0.651. The number of hydrogen-bond donors (Lipinski definition) is 2. The summed E-state index contributed by atoms with van der Waals surface area (Å²) in [5.41, 5.74) is 1.13. The molecule has 1 aromatic carbocycles. The molecule has 0 atom stereocenters. The number of benzene rings is 1. The number of amides is 1. The Labute approximate surface area is 157 Å². The van der Waals surface area contributed by atoms with Crippen LogP contribution in [-0.2, 0) is 4.74 Å². The second-order valence-corrected chi connectivity index (χ2v) is 5.75. The van der Waals surface area contributed by atoms with Crippen molar-refractivity contribution in [3.63, 3.8) is 0 Å². The van der Waals surface area contributed by atoms with Gasteiger partial charge >= 0.3 is 0 Å². The molecule has 140 valence electrons. The number of nitrogens with one attached hydrogen (secondary N) is 2. The van der Waals surface area contributed by atoms with E-state index in [1.54, 1.807) is 38.5 Å². The summed E-state index contributed by atoms with van der Waals surface area (Å²) in [6.45, 7) is 1.15. The van der Waals surface area contributed by atoms with E-state index >= 15 is 0 Å². The number of halogens is 1. The summed E-state index contributed by atoms with van der Waals surface area (Å²) in [6, 6.07) is 6.79. The second kappa shape index (κ2) is 9.84. The Kier molecular flexibility index (Phi) is 7.50. The molecule has 0 saturated carbocycles. The fraction of sp³-hybridized carbons (Fsp3) is 0.333. The van der Waals surface area contributed by atoms with Crippen molar-refractivity contribution in [2.24, 2.45) is 0 Å². The molecule has 1 amide bonds. The molecule has 0 aliphatic heterocycles. The van der Waals surface area contributed by atoms with Crippen LogP contribution in [0.3, 0.4) is 0 Å². The molecule has 0 aliphatic rings. The minimum Gasteiger partial charge on any atom is -0.495 e. The van der Waals surface area contributed by atoms with Gasteiger partial charge in [0.15, 0.2) is 0 Å². The summed E-state index contributed by atoms with van der Waals surface area (Å²) in [7, 11) is 4.71. The van der Waals surface area contributed by atoms with Crippen molar-refractivity contribution in [1.29, 1.82) is 0 Å².